The molecule has 2 aromatic heterocycles. The summed E-state index contributed by atoms with van der Waals surface area (Å²) in [6.45, 7) is 2.46. The van der Waals surface area contributed by atoms with Gasteiger partial charge in [-0.15, -0.1) is 0 Å². The summed E-state index contributed by atoms with van der Waals surface area (Å²) in [4.78, 5) is 19.6. The molecule has 3 heterocycles. The number of hydrogen-bond acceptors (Lipinski definition) is 3. The number of pyridine rings is 1. The number of rotatable bonds is 7. The maximum atomic E-state index is 12.9. The Morgan fingerprint density at radius 1 is 1.08 bits per heavy atom. The molecule has 0 bridgehead atoms. The number of anilines is 1. The third-order valence-corrected chi connectivity index (χ3v) is 7.21. The van der Waals surface area contributed by atoms with Crippen LogP contribution in [-0.2, 0) is 4.79 Å². The fourth-order valence-corrected chi connectivity index (χ4v) is 5.33. The monoisotopic (exact) mass is 559 g/mol. The van der Waals surface area contributed by atoms with Gasteiger partial charge in [0.25, 0.3) is 0 Å². The first kappa shape index (κ1) is 24.2. The normalized spacial score (nSPS) is 17.2. The zero-order valence-electron chi connectivity index (χ0n) is 19.8. The molecule has 1 saturated heterocycles. The predicted octanol–water partition coefficient (Wildman–Crippen LogP) is 5.94. The first-order valence-corrected chi connectivity index (χ1v) is 13.0. The Labute approximate surface area is 224 Å². The SMILES string of the molecule is Cc1ccccc1NC(=O)CCN1C(=S)N[C@@H](c2ccccn2)[C@H]1c1cccn1-c1cccc(Br)c1. The molecule has 0 unspecified atom stereocenters. The minimum Gasteiger partial charge on any atom is -0.352 e. The number of halogens is 1. The smallest absolute Gasteiger partial charge is 0.226 e. The van der Waals surface area contributed by atoms with Gasteiger partial charge in [-0.2, -0.15) is 0 Å². The van der Waals surface area contributed by atoms with Crippen molar-refractivity contribution in [1.29, 1.82) is 0 Å². The Balaban J connectivity index is 1.45. The average molecular weight is 561 g/mol. The van der Waals surface area contributed by atoms with Crippen LogP contribution in [0.15, 0.2) is 95.7 Å². The van der Waals surface area contributed by atoms with E-state index in [1.54, 1.807) is 6.20 Å². The van der Waals surface area contributed by atoms with E-state index in [1.165, 1.54) is 0 Å². The van der Waals surface area contributed by atoms with Crippen molar-refractivity contribution in [3.8, 4) is 5.69 Å². The minimum atomic E-state index is -0.154. The maximum Gasteiger partial charge on any atom is 0.226 e. The Hall–Kier alpha value is -3.49. The van der Waals surface area contributed by atoms with Crippen LogP contribution in [0.2, 0.25) is 0 Å². The summed E-state index contributed by atoms with van der Waals surface area (Å²) in [6, 6.07) is 25.7. The van der Waals surface area contributed by atoms with Gasteiger partial charge in [0.1, 0.15) is 0 Å². The van der Waals surface area contributed by atoms with Gasteiger partial charge < -0.3 is 20.1 Å². The highest BCUT2D eigenvalue weighted by Gasteiger charge is 2.41. The Morgan fingerprint density at radius 3 is 2.69 bits per heavy atom. The van der Waals surface area contributed by atoms with E-state index in [4.69, 9.17) is 12.2 Å². The van der Waals surface area contributed by atoms with Crippen LogP contribution in [0.4, 0.5) is 5.69 Å². The zero-order chi connectivity index (χ0) is 25.1. The highest BCUT2D eigenvalue weighted by molar-refractivity contribution is 9.10. The molecule has 2 N–H and O–H groups in total. The lowest BCUT2D eigenvalue weighted by atomic mass is 10.0. The molecular weight excluding hydrogens is 534 g/mol. The number of nitrogens with one attached hydrogen (secondary N) is 2. The number of aromatic nitrogens is 2. The van der Waals surface area contributed by atoms with Gasteiger partial charge >= 0.3 is 0 Å². The number of aryl methyl sites for hydroxylation is 1. The van der Waals surface area contributed by atoms with Crippen LogP contribution in [0, 0.1) is 6.92 Å². The molecule has 1 fully saturated rings. The van der Waals surface area contributed by atoms with E-state index in [1.807, 2.05) is 67.6 Å². The zero-order valence-corrected chi connectivity index (χ0v) is 22.2. The van der Waals surface area contributed by atoms with Crippen molar-refractivity contribution in [2.75, 3.05) is 11.9 Å². The molecule has 4 aromatic rings. The van der Waals surface area contributed by atoms with Crippen molar-refractivity contribution >= 4 is 44.9 Å². The Bertz CT molecular complexity index is 1390. The number of hydrogen-bond donors (Lipinski definition) is 2. The molecular formula is C28H26BrN5OS. The van der Waals surface area contributed by atoms with Gasteiger partial charge in [0.2, 0.25) is 5.91 Å². The van der Waals surface area contributed by atoms with E-state index in [2.05, 4.69) is 65.4 Å². The van der Waals surface area contributed by atoms with Crippen LogP contribution >= 0.6 is 28.1 Å². The van der Waals surface area contributed by atoms with Gasteiger partial charge in [0.15, 0.2) is 5.11 Å². The molecule has 1 amide bonds. The highest BCUT2D eigenvalue weighted by Crippen LogP contribution is 2.39. The van der Waals surface area contributed by atoms with E-state index >= 15 is 0 Å². The minimum absolute atomic E-state index is 0.0468. The number of para-hydroxylation sites is 1. The Kier molecular flexibility index (Phi) is 7.16. The lowest BCUT2D eigenvalue weighted by molar-refractivity contribution is -0.116. The molecule has 0 aliphatic carbocycles. The quantitative estimate of drug-likeness (QED) is 0.274. The van der Waals surface area contributed by atoms with Crippen molar-refractivity contribution in [1.82, 2.24) is 19.8 Å². The summed E-state index contributed by atoms with van der Waals surface area (Å²) in [7, 11) is 0. The van der Waals surface area contributed by atoms with Crippen LogP contribution in [0.1, 0.15) is 35.5 Å². The molecule has 2 atom stereocenters. The molecule has 2 aromatic carbocycles. The topological polar surface area (TPSA) is 62.2 Å². The van der Waals surface area contributed by atoms with E-state index in [0.717, 1.165) is 32.8 Å². The fourth-order valence-electron chi connectivity index (χ4n) is 4.61. The molecule has 0 radical (unpaired) electrons. The van der Waals surface area contributed by atoms with Crippen LogP contribution in [0.5, 0.6) is 0 Å². The second kappa shape index (κ2) is 10.6. The lowest BCUT2D eigenvalue weighted by Gasteiger charge is -2.29. The predicted molar refractivity (Wildman–Crippen MR) is 150 cm³/mol. The number of nitrogens with zero attached hydrogens (tertiary/aromatic N) is 3. The first-order valence-electron chi connectivity index (χ1n) is 11.8. The van der Waals surface area contributed by atoms with Crippen molar-refractivity contribution in [2.24, 2.45) is 0 Å². The molecule has 0 spiro atoms. The second-order valence-corrected chi connectivity index (χ2v) is 10.0. The summed E-state index contributed by atoms with van der Waals surface area (Å²) in [5.41, 5.74) is 4.87. The van der Waals surface area contributed by atoms with Gasteiger partial charge in [-0.3, -0.25) is 9.78 Å². The van der Waals surface area contributed by atoms with Crippen LogP contribution in [0.25, 0.3) is 5.69 Å². The number of amides is 1. The first-order chi connectivity index (χ1) is 17.5. The van der Waals surface area contributed by atoms with E-state index in [9.17, 15) is 4.79 Å². The summed E-state index contributed by atoms with van der Waals surface area (Å²) < 4.78 is 3.17. The van der Waals surface area contributed by atoms with Crippen molar-refractivity contribution in [3.63, 3.8) is 0 Å². The lowest BCUT2D eigenvalue weighted by Crippen LogP contribution is -2.33. The number of thiocarbonyl (C=S) groups is 1. The van der Waals surface area contributed by atoms with Gasteiger partial charge in [0, 0.05) is 46.9 Å². The van der Waals surface area contributed by atoms with Crippen LogP contribution < -0.4 is 10.6 Å². The van der Waals surface area contributed by atoms with E-state index < -0.39 is 0 Å². The highest BCUT2D eigenvalue weighted by atomic mass is 79.9. The summed E-state index contributed by atoms with van der Waals surface area (Å²) in [5.74, 6) is -0.0468. The maximum absolute atomic E-state index is 12.9. The van der Waals surface area contributed by atoms with Gasteiger partial charge in [-0.05, 0) is 73.2 Å². The molecule has 0 saturated carbocycles. The number of carbonyl (C=O) groups excluding carboxylic acids is 1. The van der Waals surface area contributed by atoms with Crippen molar-refractivity contribution in [2.45, 2.75) is 25.4 Å². The molecule has 1 aliphatic heterocycles. The average Bonchev–Trinajstić information content (AvgIpc) is 3.49. The third kappa shape index (κ3) is 5.05. The van der Waals surface area contributed by atoms with Gasteiger partial charge in [-0.1, -0.05) is 46.3 Å². The molecule has 5 rings (SSSR count). The fraction of sp³-hybridized carbons (Fsp3) is 0.179. The van der Waals surface area contributed by atoms with Gasteiger partial charge in [-0.25, -0.2) is 0 Å². The summed E-state index contributed by atoms with van der Waals surface area (Å²) >= 11 is 9.38. The van der Waals surface area contributed by atoms with Gasteiger partial charge in [0.05, 0.1) is 17.8 Å². The van der Waals surface area contributed by atoms with E-state index in [-0.39, 0.29) is 18.0 Å². The second-order valence-electron chi connectivity index (χ2n) is 8.72. The molecule has 6 nitrogen and oxygen atoms in total. The number of carbonyl (C=O) groups is 1. The molecule has 1 aliphatic rings. The Morgan fingerprint density at radius 2 is 1.92 bits per heavy atom. The molecule has 36 heavy (non-hydrogen) atoms. The standard InChI is InChI=1S/C28H26BrN5OS/c1-19-8-2-3-11-22(19)31-25(35)14-17-34-27(26(32-28(34)36)23-12-4-5-15-30-23)24-13-7-16-33(24)21-10-6-9-20(29)18-21/h2-13,15-16,18,26-27H,14,17H2,1H3,(H,31,35)(H,32,36)/t26-,27+/m0/s1. The summed E-state index contributed by atoms with van der Waals surface area (Å²) in [5, 5.41) is 7.12. The van der Waals surface area contributed by atoms with Crippen LogP contribution in [0.3, 0.4) is 0 Å². The largest absolute Gasteiger partial charge is 0.352 e. The molecule has 8 heteroatoms. The van der Waals surface area contributed by atoms with Crippen LogP contribution in [-0.4, -0.2) is 32.0 Å². The van der Waals surface area contributed by atoms with Crippen molar-refractivity contribution < 1.29 is 4.79 Å². The third-order valence-electron chi connectivity index (χ3n) is 6.37. The molecule has 182 valence electrons. The van der Waals surface area contributed by atoms with Crippen molar-refractivity contribution in [3.05, 3.63) is 113 Å². The number of benzene rings is 2. The summed E-state index contributed by atoms with van der Waals surface area (Å²) in [6.07, 6.45) is 4.15. The van der Waals surface area contributed by atoms with E-state index in [0.29, 0.717) is 18.1 Å².